The van der Waals surface area contributed by atoms with E-state index < -0.39 is 23.4 Å². The predicted molar refractivity (Wildman–Crippen MR) is 97.2 cm³/mol. The summed E-state index contributed by atoms with van der Waals surface area (Å²) in [6.07, 6.45) is 2.35. The van der Waals surface area contributed by atoms with Crippen LogP contribution in [0.3, 0.4) is 0 Å². The van der Waals surface area contributed by atoms with Gasteiger partial charge in [-0.1, -0.05) is 0 Å². The molecular formula is C19H15F3N4O2. The van der Waals surface area contributed by atoms with E-state index in [4.69, 9.17) is 4.74 Å². The molecule has 0 fully saturated rings. The molecule has 0 aliphatic rings. The lowest BCUT2D eigenvalue weighted by Crippen LogP contribution is -2.14. The summed E-state index contributed by atoms with van der Waals surface area (Å²) in [5, 5.41) is 5.12. The van der Waals surface area contributed by atoms with Crippen molar-refractivity contribution in [3.05, 3.63) is 71.9 Å². The van der Waals surface area contributed by atoms with Crippen LogP contribution in [-0.4, -0.2) is 22.5 Å². The number of nitrogens with one attached hydrogen (secondary N) is 2. The highest BCUT2D eigenvalue weighted by molar-refractivity contribution is 6.02. The summed E-state index contributed by atoms with van der Waals surface area (Å²) in [6.45, 7) is 2.41. The zero-order valence-electron chi connectivity index (χ0n) is 14.7. The number of carbonyl (C=O) groups excluding carboxylic acids is 1. The minimum Gasteiger partial charge on any atom is -0.494 e. The zero-order chi connectivity index (χ0) is 20.1. The van der Waals surface area contributed by atoms with Gasteiger partial charge in [0.1, 0.15) is 17.3 Å². The van der Waals surface area contributed by atoms with Crippen molar-refractivity contribution in [2.45, 2.75) is 6.92 Å². The number of halogens is 3. The monoisotopic (exact) mass is 388 g/mol. The fraction of sp³-hybridized carbons (Fsp3) is 0.105. The van der Waals surface area contributed by atoms with Gasteiger partial charge in [-0.2, -0.15) is 0 Å². The number of ether oxygens (including phenoxy) is 1. The normalized spacial score (nSPS) is 10.4. The van der Waals surface area contributed by atoms with E-state index in [-0.39, 0.29) is 17.2 Å². The van der Waals surface area contributed by atoms with E-state index in [1.165, 1.54) is 12.4 Å². The SMILES string of the molecule is CCOc1ccc(NC(=O)c2cnc(Nc3ccc(F)c(F)c3F)cn2)cc1. The van der Waals surface area contributed by atoms with Gasteiger partial charge in [-0.15, -0.1) is 0 Å². The van der Waals surface area contributed by atoms with Crippen LogP contribution in [0.4, 0.5) is 30.4 Å². The molecular weight excluding hydrogens is 373 g/mol. The van der Waals surface area contributed by atoms with Gasteiger partial charge < -0.3 is 15.4 Å². The van der Waals surface area contributed by atoms with Gasteiger partial charge in [0.15, 0.2) is 17.5 Å². The van der Waals surface area contributed by atoms with Gasteiger partial charge in [0.25, 0.3) is 5.91 Å². The van der Waals surface area contributed by atoms with Crippen molar-refractivity contribution in [3.8, 4) is 5.75 Å². The van der Waals surface area contributed by atoms with Crippen LogP contribution >= 0.6 is 0 Å². The van der Waals surface area contributed by atoms with Crippen LogP contribution in [0, 0.1) is 17.5 Å². The molecule has 1 heterocycles. The van der Waals surface area contributed by atoms with Gasteiger partial charge >= 0.3 is 0 Å². The standard InChI is InChI=1S/C19H15F3N4O2/c1-2-28-12-5-3-11(4-6-12)25-19(27)15-9-24-16(10-23-15)26-14-8-7-13(20)17(21)18(14)22/h3-10H,2H2,1H3,(H,24,26)(H,25,27). The molecule has 0 aliphatic heterocycles. The number of amides is 1. The summed E-state index contributed by atoms with van der Waals surface area (Å²) < 4.78 is 45.2. The summed E-state index contributed by atoms with van der Waals surface area (Å²) >= 11 is 0. The summed E-state index contributed by atoms with van der Waals surface area (Å²) in [6, 6.07) is 8.60. The second-order valence-corrected chi connectivity index (χ2v) is 5.55. The van der Waals surface area contributed by atoms with Crippen molar-refractivity contribution in [2.24, 2.45) is 0 Å². The highest BCUT2D eigenvalue weighted by Gasteiger charge is 2.14. The van der Waals surface area contributed by atoms with Gasteiger partial charge in [0.05, 0.1) is 24.7 Å². The van der Waals surface area contributed by atoms with E-state index >= 15 is 0 Å². The van der Waals surface area contributed by atoms with E-state index in [0.29, 0.717) is 18.0 Å². The maximum Gasteiger partial charge on any atom is 0.275 e. The highest BCUT2D eigenvalue weighted by Crippen LogP contribution is 2.22. The average molecular weight is 388 g/mol. The molecule has 2 aromatic carbocycles. The van der Waals surface area contributed by atoms with Gasteiger partial charge in [-0.25, -0.2) is 23.1 Å². The molecule has 3 aromatic rings. The Hall–Kier alpha value is -3.62. The number of hydrogen-bond donors (Lipinski definition) is 2. The van der Waals surface area contributed by atoms with E-state index in [2.05, 4.69) is 20.6 Å². The molecule has 0 radical (unpaired) electrons. The molecule has 0 aliphatic carbocycles. The molecule has 0 saturated heterocycles. The molecule has 28 heavy (non-hydrogen) atoms. The molecule has 3 rings (SSSR count). The lowest BCUT2D eigenvalue weighted by Gasteiger charge is -2.09. The molecule has 0 spiro atoms. The Morgan fingerprint density at radius 2 is 1.75 bits per heavy atom. The van der Waals surface area contributed by atoms with Gasteiger partial charge in [-0.3, -0.25) is 4.79 Å². The summed E-state index contributed by atoms with van der Waals surface area (Å²) in [5.74, 6) is -4.02. The lowest BCUT2D eigenvalue weighted by atomic mass is 10.2. The Bertz CT molecular complexity index is 980. The summed E-state index contributed by atoms with van der Waals surface area (Å²) in [4.78, 5) is 20.1. The van der Waals surface area contributed by atoms with E-state index in [1.54, 1.807) is 24.3 Å². The van der Waals surface area contributed by atoms with E-state index in [0.717, 1.165) is 12.1 Å². The van der Waals surface area contributed by atoms with Crippen molar-refractivity contribution in [3.63, 3.8) is 0 Å². The number of benzene rings is 2. The second-order valence-electron chi connectivity index (χ2n) is 5.55. The lowest BCUT2D eigenvalue weighted by molar-refractivity contribution is 0.102. The number of carbonyl (C=O) groups is 1. The van der Waals surface area contributed by atoms with Gasteiger partial charge in [-0.05, 0) is 43.3 Å². The molecule has 0 bridgehead atoms. The van der Waals surface area contributed by atoms with Crippen LogP contribution in [0.25, 0.3) is 0 Å². The predicted octanol–water partition coefficient (Wildman–Crippen LogP) is 4.29. The minimum absolute atomic E-state index is 0.0187. The van der Waals surface area contributed by atoms with Crippen LogP contribution in [-0.2, 0) is 0 Å². The number of nitrogens with zero attached hydrogens (tertiary/aromatic N) is 2. The fourth-order valence-corrected chi connectivity index (χ4v) is 2.27. The van der Waals surface area contributed by atoms with Crippen LogP contribution in [0.2, 0.25) is 0 Å². The Balaban J connectivity index is 1.66. The van der Waals surface area contributed by atoms with Crippen molar-refractivity contribution in [1.29, 1.82) is 0 Å². The first-order valence-electron chi connectivity index (χ1n) is 8.24. The average Bonchev–Trinajstić information content (AvgIpc) is 2.70. The fourth-order valence-electron chi connectivity index (χ4n) is 2.27. The molecule has 0 atom stereocenters. The molecule has 2 N–H and O–H groups in total. The largest absolute Gasteiger partial charge is 0.494 e. The van der Waals surface area contributed by atoms with Crippen molar-refractivity contribution >= 4 is 23.1 Å². The first kappa shape index (κ1) is 19.2. The van der Waals surface area contributed by atoms with Gasteiger partial charge in [0, 0.05) is 5.69 Å². The Labute approximate surface area is 158 Å². The molecule has 0 unspecified atom stereocenters. The van der Waals surface area contributed by atoms with Crippen LogP contribution in [0.1, 0.15) is 17.4 Å². The third kappa shape index (κ3) is 4.37. The number of hydrogen-bond acceptors (Lipinski definition) is 5. The first-order chi connectivity index (χ1) is 13.5. The molecule has 1 aromatic heterocycles. The molecule has 1 amide bonds. The van der Waals surface area contributed by atoms with Crippen LogP contribution in [0.5, 0.6) is 5.75 Å². The number of rotatable bonds is 6. The van der Waals surface area contributed by atoms with Crippen molar-refractivity contribution in [2.75, 3.05) is 17.2 Å². The highest BCUT2D eigenvalue weighted by atomic mass is 19.2. The Morgan fingerprint density at radius 1 is 1.00 bits per heavy atom. The quantitative estimate of drug-likeness (QED) is 0.616. The minimum atomic E-state index is -1.59. The van der Waals surface area contributed by atoms with Crippen LogP contribution < -0.4 is 15.4 Å². The Kier molecular flexibility index (Phi) is 5.73. The third-order valence-electron chi connectivity index (χ3n) is 3.61. The number of anilines is 3. The first-order valence-corrected chi connectivity index (χ1v) is 8.24. The maximum atomic E-state index is 13.7. The smallest absolute Gasteiger partial charge is 0.275 e. The third-order valence-corrected chi connectivity index (χ3v) is 3.61. The zero-order valence-corrected chi connectivity index (χ0v) is 14.7. The Morgan fingerprint density at radius 3 is 2.39 bits per heavy atom. The molecule has 9 heteroatoms. The van der Waals surface area contributed by atoms with E-state index in [9.17, 15) is 18.0 Å². The maximum absolute atomic E-state index is 13.7. The summed E-state index contributed by atoms with van der Waals surface area (Å²) in [7, 11) is 0. The number of aromatic nitrogens is 2. The van der Waals surface area contributed by atoms with Crippen LogP contribution in [0.15, 0.2) is 48.8 Å². The molecule has 144 valence electrons. The molecule has 0 saturated carbocycles. The van der Waals surface area contributed by atoms with Crippen molar-refractivity contribution < 1.29 is 22.7 Å². The molecule has 6 nitrogen and oxygen atoms in total. The second kappa shape index (κ2) is 8.38. The van der Waals surface area contributed by atoms with Crippen molar-refractivity contribution in [1.82, 2.24) is 9.97 Å². The summed E-state index contributed by atoms with van der Waals surface area (Å²) in [5.41, 5.74) is 0.256. The van der Waals surface area contributed by atoms with E-state index in [1.807, 2.05) is 6.92 Å². The topological polar surface area (TPSA) is 76.1 Å². The van der Waals surface area contributed by atoms with Gasteiger partial charge in [0.2, 0.25) is 0 Å².